The Kier molecular flexibility index (Phi) is 6.14. The van der Waals surface area contributed by atoms with E-state index < -0.39 is 0 Å². The molecule has 2 aromatic carbocycles. The molecule has 0 bridgehead atoms. The van der Waals surface area contributed by atoms with Gasteiger partial charge in [0.05, 0.1) is 30.0 Å². The number of nitrogens with zero attached hydrogens (tertiary/aromatic N) is 3. The van der Waals surface area contributed by atoms with Crippen LogP contribution in [0.25, 0.3) is 22.2 Å². The molecule has 5 rings (SSSR count). The number of carbonyl (C=O) groups is 1. The molecule has 2 fully saturated rings. The summed E-state index contributed by atoms with van der Waals surface area (Å²) in [5, 5.41) is 0.577. The molecule has 2 aliphatic rings. The zero-order chi connectivity index (χ0) is 21.9. The van der Waals surface area contributed by atoms with E-state index in [-0.39, 0.29) is 11.7 Å². The lowest BCUT2D eigenvalue weighted by atomic mass is 10.0. The zero-order valence-corrected chi connectivity index (χ0v) is 18.2. The SMILES string of the molecule is O=C(c1cc(-c2ccc(CN3CCOCC3)cc2)nc2ccc(F)cc12)N1CCCCC1. The van der Waals surface area contributed by atoms with Crippen molar-refractivity contribution in [3.8, 4) is 11.3 Å². The van der Waals surface area contributed by atoms with Gasteiger partial charge in [-0.25, -0.2) is 9.37 Å². The lowest BCUT2D eigenvalue weighted by Crippen LogP contribution is -2.35. The number of benzene rings is 2. The highest BCUT2D eigenvalue weighted by molar-refractivity contribution is 6.07. The minimum atomic E-state index is -0.354. The van der Waals surface area contributed by atoms with Gasteiger partial charge in [-0.3, -0.25) is 9.69 Å². The molecule has 0 unspecified atom stereocenters. The number of pyridine rings is 1. The number of piperidine rings is 1. The van der Waals surface area contributed by atoms with Gasteiger partial charge in [0.15, 0.2) is 0 Å². The fourth-order valence-corrected chi connectivity index (χ4v) is 4.59. The van der Waals surface area contributed by atoms with Crippen LogP contribution in [0.2, 0.25) is 0 Å². The predicted molar refractivity (Wildman–Crippen MR) is 123 cm³/mol. The minimum absolute atomic E-state index is 0.0344. The van der Waals surface area contributed by atoms with Crippen molar-refractivity contribution in [2.75, 3.05) is 39.4 Å². The second-order valence-corrected chi connectivity index (χ2v) is 8.65. The third-order valence-electron chi connectivity index (χ3n) is 6.40. The maximum absolute atomic E-state index is 14.0. The number of rotatable bonds is 4. The molecule has 0 aliphatic carbocycles. The molecule has 2 saturated heterocycles. The quantitative estimate of drug-likeness (QED) is 0.608. The Balaban J connectivity index is 1.47. The van der Waals surface area contributed by atoms with Crippen LogP contribution < -0.4 is 0 Å². The molecular formula is C26H28FN3O2. The fourth-order valence-electron chi connectivity index (χ4n) is 4.59. The van der Waals surface area contributed by atoms with Gasteiger partial charge in [-0.1, -0.05) is 24.3 Å². The summed E-state index contributed by atoms with van der Waals surface area (Å²) in [4.78, 5) is 22.4. The van der Waals surface area contributed by atoms with Gasteiger partial charge in [0.1, 0.15) is 5.82 Å². The smallest absolute Gasteiger partial charge is 0.254 e. The first-order valence-corrected chi connectivity index (χ1v) is 11.5. The second-order valence-electron chi connectivity index (χ2n) is 8.65. The first kappa shape index (κ1) is 21.0. The number of carbonyl (C=O) groups excluding carboxylic acids is 1. The third kappa shape index (κ3) is 4.52. The topological polar surface area (TPSA) is 45.7 Å². The van der Waals surface area contributed by atoms with E-state index in [1.165, 1.54) is 17.7 Å². The first-order valence-electron chi connectivity index (χ1n) is 11.5. The van der Waals surface area contributed by atoms with Crippen molar-refractivity contribution in [1.29, 1.82) is 0 Å². The highest BCUT2D eigenvalue weighted by atomic mass is 19.1. The fraction of sp³-hybridized carbons (Fsp3) is 0.385. The van der Waals surface area contributed by atoms with E-state index in [1.807, 2.05) is 11.0 Å². The standard InChI is InChI=1S/C26H28FN3O2/c27-21-8-9-24-22(16-21)23(26(31)30-10-2-1-3-11-30)17-25(28-24)20-6-4-19(5-7-20)18-29-12-14-32-15-13-29/h4-9,16-17H,1-3,10-15,18H2. The van der Waals surface area contributed by atoms with E-state index in [0.717, 1.165) is 76.5 Å². The summed E-state index contributed by atoms with van der Waals surface area (Å²) in [6.45, 7) is 5.87. The van der Waals surface area contributed by atoms with E-state index in [2.05, 4.69) is 29.2 Å². The molecular weight excluding hydrogens is 405 g/mol. The van der Waals surface area contributed by atoms with Crippen LogP contribution in [0.3, 0.4) is 0 Å². The Labute approximate surface area is 187 Å². The number of ether oxygens (including phenoxy) is 1. The molecule has 0 saturated carbocycles. The summed E-state index contributed by atoms with van der Waals surface area (Å²) in [6, 6.07) is 14.7. The number of hydrogen-bond acceptors (Lipinski definition) is 4. The first-order chi connectivity index (χ1) is 15.7. The van der Waals surface area contributed by atoms with Gasteiger partial charge in [-0.05, 0) is 49.1 Å². The molecule has 0 spiro atoms. The van der Waals surface area contributed by atoms with Crippen LogP contribution in [-0.2, 0) is 11.3 Å². The molecule has 0 radical (unpaired) electrons. The Morgan fingerprint density at radius 2 is 1.69 bits per heavy atom. The monoisotopic (exact) mass is 433 g/mol. The Morgan fingerprint density at radius 3 is 2.44 bits per heavy atom. The van der Waals surface area contributed by atoms with Crippen LogP contribution in [-0.4, -0.2) is 60.1 Å². The van der Waals surface area contributed by atoms with Crippen molar-refractivity contribution in [1.82, 2.24) is 14.8 Å². The molecule has 0 atom stereocenters. The van der Waals surface area contributed by atoms with Gasteiger partial charge in [-0.15, -0.1) is 0 Å². The molecule has 6 heteroatoms. The summed E-state index contributed by atoms with van der Waals surface area (Å²) >= 11 is 0. The number of aromatic nitrogens is 1. The second kappa shape index (κ2) is 9.35. The zero-order valence-electron chi connectivity index (χ0n) is 18.2. The lowest BCUT2D eigenvalue weighted by molar-refractivity contribution is 0.0342. The molecule has 1 amide bonds. The van der Waals surface area contributed by atoms with Crippen LogP contribution in [0.1, 0.15) is 35.2 Å². The van der Waals surface area contributed by atoms with Crippen LogP contribution in [0.5, 0.6) is 0 Å². The number of morpholine rings is 1. The molecule has 32 heavy (non-hydrogen) atoms. The Morgan fingerprint density at radius 1 is 0.938 bits per heavy atom. The van der Waals surface area contributed by atoms with Gasteiger partial charge in [0, 0.05) is 43.7 Å². The highest BCUT2D eigenvalue weighted by Gasteiger charge is 2.22. The molecule has 3 heterocycles. The predicted octanol–water partition coefficient (Wildman–Crippen LogP) is 4.50. The van der Waals surface area contributed by atoms with Crippen LogP contribution in [0.4, 0.5) is 4.39 Å². The number of likely N-dealkylation sites (tertiary alicyclic amines) is 1. The molecule has 2 aliphatic heterocycles. The van der Waals surface area contributed by atoms with E-state index >= 15 is 0 Å². The maximum atomic E-state index is 14.0. The lowest BCUT2D eigenvalue weighted by Gasteiger charge is -2.27. The molecule has 1 aromatic heterocycles. The summed E-state index contributed by atoms with van der Waals surface area (Å²) in [6.07, 6.45) is 3.18. The average Bonchev–Trinajstić information content (AvgIpc) is 2.85. The Hall–Kier alpha value is -2.83. The number of amides is 1. The van der Waals surface area contributed by atoms with Crippen molar-refractivity contribution in [2.24, 2.45) is 0 Å². The van der Waals surface area contributed by atoms with Gasteiger partial charge in [0.25, 0.3) is 5.91 Å². The van der Waals surface area contributed by atoms with Crippen molar-refractivity contribution < 1.29 is 13.9 Å². The summed E-state index contributed by atoms with van der Waals surface area (Å²) in [5.41, 5.74) is 4.10. The maximum Gasteiger partial charge on any atom is 0.254 e. The number of halogens is 1. The minimum Gasteiger partial charge on any atom is -0.379 e. The van der Waals surface area contributed by atoms with Crippen molar-refractivity contribution in [2.45, 2.75) is 25.8 Å². The molecule has 3 aromatic rings. The largest absolute Gasteiger partial charge is 0.379 e. The number of fused-ring (bicyclic) bond motifs is 1. The van der Waals surface area contributed by atoms with E-state index in [1.54, 1.807) is 6.07 Å². The van der Waals surface area contributed by atoms with Gasteiger partial charge in [-0.2, -0.15) is 0 Å². The molecule has 166 valence electrons. The van der Waals surface area contributed by atoms with E-state index in [4.69, 9.17) is 9.72 Å². The van der Waals surface area contributed by atoms with Crippen molar-refractivity contribution in [3.63, 3.8) is 0 Å². The average molecular weight is 434 g/mol. The Bertz CT molecular complexity index is 1100. The van der Waals surface area contributed by atoms with Gasteiger partial charge < -0.3 is 9.64 Å². The normalized spacial score (nSPS) is 17.6. The van der Waals surface area contributed by atoms with Crippen LogP contribution >= 0.6 is 0 Å². The summed E-state index contributed by atoms with van der Waals surface area (Å²) in [5.74, 6) is -0.389. The summed E-state index contributed by atoms with van der Waals surface area (Å²) < 4.78 is 19.4. The van der Waals surface area contributed by atoms with Gasteiger partial charge in [0.2, 0.25) is 0 Å². The van der Waals surface area contributed by atoms with Crippen molar-refractivity contribution in [3.05, 3.63) is 65.5 Å². The van der Waals surface area contributed by atoms with E-state index in [9.17, 15) is 9.18 Å². The van der Waals surface area contributed by atoms with Crippen molar-refractivity contribution >= 4 is 16.8 Å². The van der Waals surface area contributed by atoms with E-state index in [0.29, 0.717) is 16.5 Å². The highest BCUT2D eigenvalue weighted by Crippen LogP contribution is 2.28. The van der Waals surface area contributed by atoms with Crippen LogP contribution in [0, 0.1) is 5.82 Å². The molecule has 5 nitrogen and oxygen atoms in total. The van der Waals surface area contributed by atoms with Gasteiger partial charge >= 0.3 is 0 Å². The van der Waals surface area contributed by atoms with Crippen LogP contribution in [0.15, 0.2) is 48.5 Å². The summed E-state index contributed by atoms with van der Waals surface area (Å²) in [7, 11) is 0. The third-order valence-corrected chi connectivity index (χ3v) is 6.40. The molecule has 0 N–H and O–H groups in total. The number of hydrogen-bond donors (Lipinski definition) is 0.